The van der Waals surface area contributed by atoms with E-state index < -0.39 is 17.4 Å². The van der Waals surface area contributed by atoms with E-state index in [2.05, 4.69) is 10.6 Å². The van der Waals surface area contributed by atoms with Crippen LogP contribution in [0.4, 0.5) is 11.4 Å². The zero-order valence-electron chi connectivity index (χ0n) is 23.0. The van der Waals surface area contributed by atoms with Crippen LogP contribution in [0.25, 0.3) is 0 Å². The molecule has 210 valence electrons. The Labute approximate surface area is 243 Å². The number of carbonyl (C=O) groups excluding carboxylic acids is 4. The minimum atomic E-state index is -1.42. The van der Waals surface area contributed by atoms with Gasteiger partial charge in [0.1, 0.15) is 12.1 Å². The van der Waals surface area contributed by atoms with Crippen LogP contribution in [0.2, 0.25) is 0 Å². The summed E-state index contributed by atoms with van der Waals surface area (Å²) in [7, 11) is 0. The molecule has 3 heterocycles. The first-order chi connectivity index (χ1) is 19.8. The number of amides is 4. The average molecular weight is 569 g/mol. The summed E-state index contributed by atoms with van der Waals surface area (Å²) in [5.41, 5.74) is 2.35. The molecule has 2 fully saturated rings. The van der Waals surface area contributed by atoms with E-state index in [1.807, 2.05) is 86.0 Å². The molecule has 41 heavy (non-hydrogen) atoms. The van der Waals surface area contributed by atoms with Gasteiger partial charge in [-0.3, -0.25) is 29.4 Å². The molecule has 6 rings (SSSR count). The molecule has 0 radical (unpaired) electrons. The molecule has 3 aromatic rings. The molecule has 2 N–H and O–H groups in total. The van der Waals surface area contributed by atoms with Crippen LogP contribution < -0.4 is 15.5 Å². The first-order valence-corrected chi connectivity index (χ1v) is 15.2. The van der Waals surface area contributed by atoms with Crippen molar-refractivity contribution in [1.29, 1.82) is 0 Å². The van der Waals surface area contributed by atoms with Gasteiger partial charge in [0, 0.05) is 23.0 Å². The molecule has 3 aliphatic rings. The Kier molecular flexibility index (Phi) is 7.17. The van der Waals surface area contributed by atoms with Crippen molar-refractivity contribution in [1.82, 2.24) is 10.2 Å². The molecule has 0 saturated carbocycles. The maximum Gasteiger partial charge on any atom is 0.253 e. The number of aryl methyl sites for hydroxylation is 1. The van der Waals surface area contributed by atoms with Gasteiger partial charge < -0.3 is 10.2 Å². The van der Waals surface area contributed by atoms with E-state index in [0.717, 1.165) is 16.9 Å². The van der Waals surface area contributed by atoms with Crippen LogP contribution in [0, 0.1) is 18.8 Å². The van der Waals surface area contributed by atoms with Gasteiger partial charge in [0.2, 0.25) is 17.7 Å². The van der Waals surface area contributed by atoms with Gasteiger partial charge in [-0.05, 0) is 49.1 Å². The molecular weight excluding hydrogens is 536 g/mol. The van der Waals surface area contributed by atoms with Crippen molar-refractivity contribution < 1.29 is 19.2 Å². The minimum Gasteiger partial charge on any atom is -0.325 e. The summed E-state index contributed by atoms with van der Waals surface area (Å²) < 4.78 is 0. The number of nitrogens with one attached hydrogen (secondary N) is 2. The Hall–Kier alpha value is -3.95. The van der Waals surface area contributed by atoms with E-state index in [1.165, 1.54) is 9.80 Å². The molecule has 3 aromatic carbocycles. The van der Waals surface area contributed by atoms with Crippen LogP contribution in [0.3, 0.4) is 0 Å². The van der Waals surface area contributed by atoms with Crippen molar-refractivity contribution in [2.75, 3.05) is 28.8 Å². The van der Waals surface area contributed by atoms with Gasteiger partial charge in [0.05, 0.1) is 18.4 Å². The number of rotatable bonds is 8. The summed E-state index contributed by atoms with van der Waals surface area (Å²) >= 11 is 1.66. The number of nitrogens with zero attached hydrogens (tertiary/aromatic N) is 2. The summed E-state index contributed by atoms with van der Waals surface area (Å²) in [5.74, 6) is -2.11. The van der Waals surface area contributed by atoms with Crippen molar-refractivity contribution in [3.05, 3.63) is 95.6 Å². The van der Waals surface area contributed by atoms with Gasteiger partial charge in [-0.2, -0.15) is 11.8 Å². The lowest BCUT2D eigenvalue weighted by molar-refractivity contribution is -0.143. The normalized spacial score (nSPS) is 24.7. The number of fused-ring (bicyclic) bond motifs is 4. The highest BCUT2D eigenvalue weighted by atomic mass is 32.2. The largest absolute Gasteiger partial charge is 0.325 e. The Bertz CT molecular complexity index is 1510. The third-order valence-corrected chi connectivity index (χ3v) is 9.06. The lowest BCUT2D eigenvalue weighted by atomic mass is 9.76. The smallest absolute Gasteiger partial charge is 0.253 e. The van der Waals surface area contributed by atoms with Gasteiger partial charge in [0.25, 0.3) is 5.91 Å². The highest BCUT2D eigenvalue weighted by molar-refractivity contribution is 7.98. The monoisotopic (exact) mass is 568 g/mol. The average Bonchev–Trinajstić information content (AvgIpc) is 3.53. The van der Waals surface area contributed by atoms with E-state index in [9.17, 15) is 19.2 Å². The molecule has 0 unspecified atom stereocenters. The topological polar surface area (TPSA) is 98.8 Å². The Morgan fingerprint density at radius 1 is 0.927 bits per heavy atom. The van der Waals surface area contributed by atoms with Gasteiger partial charge in [0.15, 0.2) is 0 Å². The summed E-state index contributed by atoms with van der Waals surface area (Å²) in [4.78, 5) is 58.5. The van der Waals surface area contributed by atoms with E-state index in [0.29, 0.717) is 23.4 Å². The molecule has 0 aromatic heterocycles. The molecule has 9 heteroatoms. The maximum atomic E-state index is 14.5. The second kappa shape index (κ2) is 10.8. The number of para-hydroxylation sites is 1. The van der Waals surface area contributed by atoms with E-state index in [4.69, 9.17) is 0 Å². The summed E-state index contributed by atoms with van der Waals surface area (Å²) in [6.45, 7) is 1.92. The molecule has 4 atom stereocenters. The number of likely N-dealkylation sites (tertiary alicyclic amines) is 1. The van der Waals surface area contributed by atoms with E-state index in [1.54, 1.807) is 17.8 Å². The fraction of sp³-hybridized carbons (Fsp3) is 0.312. The number of carbonyl (C=O) groups is 4. The van der Waals surface area contributed by atoms with Crippen LogP contribution in [0.1, 0.15) is 23.1 Å². The molecule has 1 spiro atoms. The quantitative estimate of drug-likeness (QED) is 0.402. The first kappa shape index (κ1) is 27.2. The molecule has 3 aliphatic heterocycles. The third kappa shape index (κ3) is 4.53. The molecule has 0 aliphatic carbocycles. The lowest BCUT2D eigenvalue weighted by Gasteiger charge is -2.30. The first-order valence-electron chi connectivity index (χ1n) is 13.8. The van der Waals surface area contributed by atoms with Crippen LogP contribution >= 0.6 is 11.8 Å². The van der Waals surface area contributed by atoms with E-state index >= 15 is 0 Å². The summed E-state index contributed by atoms with van der Waals surface area (Å²) in [5, 5.41) is 6.38. The van der Waals surface area contributed by atoms with Gasteiger partial charge >= 0.3 is 0 Å². The second-order valence-corrected chi connectivity index (χ2v) is 11.9. The fourth-order valence-corrected chi connectivity index (χ4v) is 7.05. The Morgan fingerprint density at radius 3 is 2.37 bits per heavy atom. The lowest BCUT2D eigenvalue weighted by Crippen LogP contribution is -2.55. The van der Waals surface area contributed by atoms with Crippen molar-refractivity contribution in [3.63, 3.8) is 0 Å². The Balaban J connectivity index is 1.36. The van der Waals surface area contributed by atoms with E-state index in [-0.39, 0.29) is 42.8 Å². The highest BCUT2D eigenvalue weighted by Gasteiger charge is 2.71. The molecule has 4 amide bonds. The highest BCUT2D eigenvalue weighted by Crippen LogP contribution is 2.55. The summed E-state index contributed by atoms with van der Waals surface area (Å²) in [6.07, 6.45) is 2.63. The fourth-order valence-electron chi connectivity index (χ4n) is 6.56. The van der Waals surface area contributed by atoms with Crippen molar-refractivity contribution in [2.45, 2.75) is 31.5 Å². The van der Waals surface area contributed by atoms with Crippen LogP contribution in [-0.2, 0) is 31.3 Å². The number of hydrogen-bond acceptors (Lipinski definition) is 6. The number of anilines is 2. The number of hydrogen-bond donors (Lipinski definition) is 2. The number of thioether (sulfide) groups is 1. The Morgan fingerprint density at radius 2 is 1.63 bits per heavy atom. The maximum absolute atomic E-state index is 14.5. The second-order valence-electron chi connectivity index (χ2n) is 10.9. The molecular formula is C32H32N4O4S. The zero-order valence-corrected chi connectivity index (χ0v) is 23.8. The minimum absolute atomic E-state index is 0.162. The molecule has 8 nitrogen and oxygen atoms in total. The number of imide groups is 1. The SMILES string of the molecule is CSCC[C@@H]1N[C@@]2(C(=O)N(CC(=O)Nc3ccc(C)cc3)c3ccccc32)[C@H]2C(=O)N(Cc3ccccc3)C(=O)[C@H]12. The molecule has 2 saturated heterocycles. The van der Waals surface area contributed by atoms with Crippen LogP contribution in [0.15, 0.2) is 78.9 Å². The van der Waals surface area contributed by atoms with Gasteiger partial charge in [-0.25, -0.2) is 0 Å². The number of benzene rings is 3. The summed E-state index contributed by atoms with van der Waals surface area (Å²) in [6, 6.07) is 23.8. The van der Waals surface area contributed by atoms with Crippen LogP contribution in [0.5, 0.6) is 0 Å². The molecule has 0 bridgehead atoms. The standard InChI is InChI=1S/C32H32N4O4S/c1-20-12-14-22(15-13-20)33-26(37)19-35-25-11-7-6-10-23(25)32(31(35)40)28-27(24(34-32)16-17-41-2)29(38)36(30(28)39)18-21-8-4-3-5-9-21/h3-15,24,27-28,34H,16-19H2,1-2H3,(H,33,37)/t24-,27+,28+,32+/m0/s1. The van der Waals surface area contributed by atoms with Crippen molar-refractivity contribution in [3.8, 4) is 0 Å². The third-order valence-electron chi connectivity index (χ3n) is 8.41. The van der Waals surface area contributed by atoms with Crippen molar-refractivity contribution >= 4 is 46.8 Å². The van der Waals surface area contributed by atoms with Crippen molar-refractivity contribution in [2.24, 2.45) is 11.8 Å². The van der Waals surface area contributed by atoms with Gasteiger partial charge in [-0.1, -0.05) is 66.2 Å². The predicted octanol–water partition coefficient (Wildman–Crippen LogP) is 3.70. The van der Waals surface area contributed by atoms with Gasteiger partial charge in [-0.15, -0.1) is 0 Å². The zero-order chi connectivity index (χ0) is 28.7. The van der Waals surface area contributed by atoms with Crippen LogP contribution in [-0.4, -0.2) is 53.1 Å². The predicted molar refractivity (Wildman–Crippen MR) is 159 cm³/mol.